The average molecular weight is 324 g/mol. The van der Waals surface area contributed by atoms with Gasteiger partial charge in [0.15, 0.2) is 0 Å². The standard InChI is InChI=1S/C13H16N4O4S/c1-20-8-10-7-12(21-2)16-13(15-10)17-22(18,19)11-5-3-9(14)4-6-11/h3-7H,8,14H2,1-2H3,(H,15,16,17). The summed E-state index contributed by atoms with van der Waals surface area (Å²) < 4.78 is 36.8. The lowest BCUT2D eigenvalue weighted by Crippen LogP contribution is -2.16. The van der Waals surface area contributed by atoms with E-state index >= 15 is 0 Å². The summed E-state index contributed by atoms with van der Waals surface area (Å²) in [6.07, 6.45) is 0. The zero-order valence-corrected chi connectivity index (χ0v) is 12.9. The van der Waals surface area contributed by atoms with E-state index in [0.717, 1.165) is 0 Å². The van der Waals surface area contributed by atoms with Gasteiger partial charge >= 0.3 is 0 Å². The van der Waals surface area contributed by atoms with E-state index in [1.165, 1.54) is 38.5 Å². The molecule has 9 heteroatoms. The van der Waals surface area contributed by atoms with Crippen LogP contribution in [0.5, 0.6) is 5.88 Å². The molecule has 0 radical (unpaired) electrons. The lowest BCUT2D eigenvalue weighted by atomic mass is 10.3. The Labute approximate surface area is 128 Å². The molecule has 2 aromatic rings. The van der Waals surface area contributed by atoms with E-state index in [1.54, 1.807) is 6.07 Å². The van der Waals surface area contributed by atoms with Gasteiger partial charge in [0.1, 0.15) is 0 Å². The molecule has 0 aliphatic heterocycles. The lowest BCUT2D eigenvalue weighted by Gasteiger charge is -2.09. The normalized spacial score (nSPS) is 11.2. The molecule has 0 aliphatic rings. The van der Waals surface area contributed by atoms with Crippen molar-refractivity contribution in [3.8, 4) is 5.88 Å². The van der Waals surface area contributed by atoms with E-state index in [0.29, 0.717) is 11.4 Å². The van der Waals surface area contributed by atoms with Gasteiger partial charge in [-0.3, -0.25) is 0 Å². The highest BCUT2D eigenvalue weighted by molar-refractivity contribution is 7.92. The topological polar surface area (TPSA) is 116 Å². The van der Waals surface area contributed by atoms with Gasteiger partial charge in [0, 0.05) is 18.9 Å². The number of nitrogens with zero attached hydrogens (tertiary/aromatic N) is 2. The second kappa shape index (κ2) is 6.58. The third-order valence-corrected chi connectivity index (χ3v) is 4.02. The number of anilines is 2. The molecule has 0 saturated heterocycles. The van der Waals surface area contributed by atoms with Crippen LogP contribution < -0.4 is 15.2 Å². The van der Waals surface area contributed by atoms with Crippen molar-refractivity contribution in [1.82, 2.24) is 9.97 Å². The first-order chi connectivity index (χ1) is 10.4. The van der Waals surface area contributed by atoms with Crippen molar-refractivity contribution in [3.63, 3.8) is 0 Å². The fraction of sp³-hybridized carbons (Fsp3) is 0.231. The summed E-state index contributed by atoms with van der Waals surface area (Å²) in [4.78, 5) is 8.08. The maximum Gasteiger partial charge on any atom is 0.264 e. The second-order valence-corrected chi connectivity index (χ2v) is 6.02. The Morgan fingerprint density at radius 3 is 2.45 bits per heavy atom. The maximum atomic E-state index is 12.3. The van der Waals surface area contributed by atoms with Crippen LogP contribution in [-0.2, 0) is 21.4 Å². The van der Waals surface area contributed by atoms with Crippen LogP contribution in [0.1, 0.15) is 5.69 Å². The van der Waals surface area contributed by atoms with Crippen LogP contribution in [0.25, 0.3) is 0 Å². The van der Waals surface area contributed by atoms with Crippen LogP contribution in [-0.4, -0.2) is 32.6 Å². The molecule has 0 bridgehead atoms. The first-order valence-electron chi connectivity index (χ1n) is 6.24. The molecule has 0 amide bonds. The summed E-state index contributed by atoms with van der Waals surface area (Å²) >= 11 is 0. The summed E-state index contributed by atoms with van der Waals surface area (Å²) in [6.45, 7) is 0.204. The quantitative estimate of drug-likeness (QED) is 0.762. The van der Waals surface area contributed by atoms with Crippen LogP contribution in [0.4, 0.5) is 11.6 Å². The summed E-state index contributed by atoms with van der Waals surface area (Å²) in [5.41, 5.74) is 6.50. The molecule has 0 atom stereocenters. The molecular formula is C13H16N4O4S. The van der Waals surface area contributed by atoms with Gasteiger partial charge in [-0.1, -0.05) is 0 Å². The zero-order chi connectivity index (χ0) is 16.2. The Morgan fingerprint density at radius 2 is 1.86 bits per heavy atom. The van der Waals surface area contributed by atoms with Crippen LogP contribution >= 0.6 is 0 Å². The highest BCUT2D eigenvalue weighted by atomic mass is 32.2. The molecule has 118 valence electrons. The molecule has 1 heterocycles. The van der Waals surface area contributed by atoms with Gasteiger partial charge in [0.2, 0.25) is 11.8 Å². The summed E-state index contributed by atoms with van der Waals surface area (Å²) in [5.74, 6) is 0.139. The predicted octanol–water partition coefficient (Wildman–Crippen LogP) is 1.01. The molecule has 1 aromatic heterocycles. The number of rotatable bonds is 6. The molecule has 3 N–H and O–H groups in total. The number of nitrogens with one attached hydrogen (secondary N) is 1. The Kier molecular flexibility index (Phi) is 4.78. The van der Waals surface area contributed by atoms with Gasteiger partial charge in [-0.2, -0.15) is 4.98 Å². The van der Waals surface area contributed by atoms with Crippen LogP contribution in [0.15, 0.2) is 35.2 Å². The Hall–Kier alpha value is -2.39. The van der Waals surface area contributed by atoms with Gasteiger partial charge in [0.05, 0.1) is 24.3 Å². The molecule has 0 aliphatic carbocycles. The molecule has 1 aromatic carbocycles. The molecule has 22 heavy (non-hydrogen) atoms. The summed E-state index contributed by atoms with van der Waals surface area (Å²) in [6, 6.07) is 7.35. The fourth-order valence-electron chi connectivity index (χ4n) is 1.67. The molecular weight excluding hydrogens is 308 g/mol. The first kappa shape index (κ1) is 16.0. The molecule has 0 fully saturated rings. The van der Waals surface area contributed by atoms with Gasteiger partial charge in [-0.05, 0) is 24.3 Å². The van der Waals surface area contributed by atoms with Crippen molar-refractivity contribution in [2.45, 2.75) is 11.5 Å². The third-order valence-electron chi connectivity index (χ3n) is 2.67. The van der Waals surface area contributed by atoms with Crippen molar-refractivity contribution in [2.75, 3.05) is 24.7 Å². The number of ether oxygens (including phenoxy) is 2. The highest BCUT2D eigenvalue weighted by Gasteiger charge is 2.16. The zero-order valence-electron chi connectivity index (χ0n) is 12.1. The number of hydrogen-bond acceptors (Lipinski definition) is 7. The van der Waals surface area contributed by atoms with Gasteiger partial charge in [-0.25, -0.2) is 18.1 Å². The van der Waals surface area contributed by atoms with E-state index in [9.17, 15) is 8.42 Å². The minimum absolute atomic E-state index is 0.0569. The predicted molar refractivity (Wildman–Crippen MR) is 81.0 cm³/mol. The number of methoxy groups -OCH3 is 2. The van der Waals surface area contributed by atoms with Gasteiger partial charge < -0.3 is 15.2 Å². The summed E-state index contributed by atoms with van der Waals surface area (Å²) in [7, 11) is -0.879. The number of hydrogen-bond donors (Lipinski definition) is 2. The molecule has 0 saturated carbocycles. The van der Waals surface area contributed by atoms with E-state index in [1.807, 2.05) is 0 Å². The number of nitrogens with two attached hydrogens (primary N) is 1. The van der Waals surface area contributed by atoms with E-state index in [4.69, 9.17) is 15.2 Å². The smallest absolute Gasteiger partial charge is 0.264 e. The van der Waals surface area contributed by atoms with Gasteiger partial charge in [-0.15, -0.1) is 0 Å². The van der Waals surface area contributed by atoms with Crippen molar-refractivity contribution in [3.05, 3.63) is 36.0 Å². The average Bonchev–Trinajstić information content (AvgIpc) is 2.47. The lowest BCUT2D eigenvalue weighted by molar-refractivity contribution is 0.181. The molecule has 2 rings (SSSR count). The molecule has 0 spiro atoms. The largest absolute Gasteiger partial charge is 0.481 e. The monoisotopic (exact) mass is 324 g/mol. The van der Waals surface area contributed by atoms with Crippen molar-refractivity contribution in [2.24, 2.45) is 0 Å². The van der Waals surface area contributed by atoms with E-state index in [2.05, 4.69) is 14.7 Å². The molecule has 8 nitrogen and oxygen atoms in total. The van der Waals surface area contributed by atoms with Crippen molar-refractivity contribution < 1.29 is 17.9 Å². The van der Waals surface area contributed by atoms with Gasteiger partial charge in [0.25, 0.3) is 10.0 Å². The van der Waals surface area contributed by atoms with Crippen molar-refractivity contribution in [1.29, 1.82) is 0 Å². The molecule has 0 unspecified atom stereocenters. The Bertz CT molecular complexity index is 747. The minimum atomic E-state index is -3.81. The summed E-state index contributed by atoms with van der Waals surface area (Å²) in [5, 5.41) is 0. The van der Waals surface area contributed by atoms with E-state index in [-0.39, 0.29) is 23.3 Å². The van der Waals surface area contributed by atoms with E-state index < -0.39 is 10.0 Å². The SMILES string of the molecule is COCc1cc(OC)nc(NS(=O)(=O)c2ccc(N)cc2)n1. The first-order valence-corrected chi connectivity index (χ1v) is 7.72. The van der Waals surface area contributed by atoms with Crippen LogP contribution in [0.2, 0.25) is 0 Å². The second-order valence-electron chi connectivity index (χ2n) is 4.33. The van der Waals surface area contributed by atoms with Crippen molar-refractivity contribution >= 4 is 21.7 Å². The highest BCUT2D eigenvalue weighted by Crippen LogP contribution is 2.18. The maximum absolute atomic E-state index is 12.3. The number of aromatic nitrogens is 2. The van der Waals surface area contributed by atoms with Crippen LogP contribution in [0, 0.1) is 0 Å². The number of benzene rings is 1. The van der Waals surface area contributed by atoms with Crippen LogP contribution in [0.3, 0.4) is 0 Å². The number of sulfonamides is 1. The Balaban J connectivity index is 2.32. The minimum Gasteiger partial charge on any atom is -0.481 e. The Morgan fingerprint density at radius 1 is 1.18 bits per heavy atom. The third kappa shape index (κ3) is 3.83. The number of nitrogen functional groups attached to an aromatic ring is 1. The fourth-order valence-corrected chi connectivity index (χ4v) is 2.61.